The first-order chi connectivity index (χ1) is 8.81. The number of nitrogens with zero attached hydrogens (tertiary/aromatic N) is 5. The SMILES string of the molecule is Cc1cccc(-c2noc(Cn3ccnn3)n2)c1. The number of benzene rings is 1. The van der Waals surface area contributed by atoms with E-state index < -0.39 is 0 Å². The summed E-state index contributed by atoms with van der Waals surface area (Å²) >= 11 is 0. The molecule has 6 heteroatoms. The van der Waals surface area contributed by atoms with Crippen molar-refractivity contribution in [3.05, 3.63) is 48.1 Å². The van der Waals surface area contributed by atoms with Crippen molar-refractivity contribution in [2.24, 2.45) is 0 Å². The first-order valence-corrected chi connectivity index (χ1v) is 5.55. The second kappa shape index (κ2) is 4.40. The zero-order valence-corrected chi connectivity index (χ0v) is 9.82. The molecule has 0 aliphatic rings. The first kappa shape index (κ1) is 10.6. The number of hydrogen-bond acceptors (Lipinski definition) is 5. The molecule has 2 heterocycles. The van der Waals surface area contributed by atoms with Crippen molar-refractivity contribution in [2.45, 2.75) is 13.5 Å². The maximum absolute atomic E-state index is 5.18. The van der Waals surface area contributed by atoms with E-state index in [9.17, 15) is 0 Å². The quantitative estimate of drug-likeness (QED) is 0.697. The molecule has 0 radical (unpaired) electrons. The molecule has 0 aliphatic carbocycles. The van der Waals surface area contributed by atoms with Crippen molar-refractivity contribution in [1.82, 2.24) is 25.1 Å². The van der Waals surface area contributed by atoms with Gasteiger partial charge in [-0.25, -0.2) is 4.68 Å². The Morgan fingerprint density at radius 1 is 1.33 bits per heavy atom. The predicted molar refractivity (Wildman–Crippen MR) is 63.6 cm³/mol. The van der Waals surface area contributed by atoms with Crippen molar-refractivity contribution in [2.75, 3.05) is 0 Å². The molecule has 0 amide bonds. The molecule has 0 saturated heterocycles. The Morgan fingerprint density at radius 2 is 2.28 bits per heavy atom. The van der Waals surface area contributed by atoms with E-state index in [2.05, 4.69) is 20.5 Å². The van der Waals surface area contributed by atoms with Crippen LogP contribution in [0.25, 0.3) is 11.4 Å². The molecule has 3 aromatic rings. The Labute approximate surface area is 103 Å². The Bertz CT molecular complexity index is 644. The van der Waals surface area contributed by atoms with Crippen molar-refractivity contribution >= 4 is 0 Å². The van der Waals surface area contributed by atoms with Gasteiger partial charge in [-0.15, -0.1) is 5.10 Å². The molecule has 0 fully saturated rings. The van der Waals surface area contributed by atoms with Crippen LogP contribution >= 0.6 is 0 Å². The number of hydrogen-bond donors (Lipinski definition) is 0. The summed E-state index contributed by atoms with van der Waals surface area (Å²) in [4.78, 5) is 4.33. The lowest BCUT2D eigenvalue weighted by Crippen LogP contribution is -2.00. The largest absolute Gasteiger partial charge is 0.337 e. The van der Waals surface area contributed by atoms with E-state index in [0.29, 0.717) is 18.3 Å². The van der Waals surface area contributed by atoms with E-state index in [-0.39, 0.29) is 0 Å². The lowest BCUT2D eigenvalue weighted by molar-refractivity contribution is 0.364. The van der Waals surface area contributed by atoms with Crippen LogP contribution in [0, 0.1) is 6.92 Å². The highest BCUT2D eigenvalue weighted by molar-refractivity contribution is 5.55. The second-order valence-electron chi connectivity index (χ2n) is 3.98. The van der Waals surface area contributed by atoms with Gasteiger partial charge in [0.05, 0.1) is 6.20 Å². The lowest BCUT2D eigenvalue weighted by Gasteiger charge is -1.95. The van der Waals surface area contributed by atoms with Crippen LogP contribution in [0.5, 0.6) is 0 Å². The minimum Gasteiger partial charge on any atom is -0.337 e. The molecule has 0 N–H and O–H groups in total. The van der Waals surface area contributed by atoms with Crippen LogP contribution in [0.4, 0.5) is 0 Å². The van der Waals surface area contributed by atoms with Gasteiger partial charge in [0.2, 0.25) is 11.7 Å². The monoisotopic (exact) mass is 241 g/mol. The number of rotatable bonds is 3. The highest BCUT2D eigenvalue weighted by atomic mass is 16.5. The van der Waals surface area contributed by atoms with Crippen LogP contribution in [0.15, 0.2) is 41.2 Å². The summed E-state index contributed by atoms with van der Waals surface area (Å²) in [5, 5.41) is 11.5. The van der Waals surface area contributed by atoms with Crippen LogP contribution in [-0.2, 0) is 6.54 Å². The first-order valence-electron chi connectivity index (χ1n) is 5.55. The van der Waals surface area contributed by atoms with E-state index in [1.807, 2.05) is 31.2 Å². The highest BCUT2D eigenvalue weighted by Gasteiger charge is 2.09. The Hall–Kier alpha value is -2.50. The summed E-state index contributed by atoms with van der Waals surface area (Å²) in [6.45, 7) is 2.46. The van der Waals surface area contributed by atoms with Gasteiger partial charge >= 0.3 is 0 Å². The molecule has 2 aromatic heterocycles. The smallest absolute Gasteiger partial charge is 0.248 e. The summed E-state index contributed by atoms with van der Waals surface area (Å²) in [5.74, 6) is 1.10. The van der Waals surface area contributed by atoms with Gasteiger partial charge in [0.1, 0.15) is 6.54 Å². The van der Waals surface area contributed by atoms with Gasteiger partial charge in [-0.3, -0.25) is 0 Å². The molecule has 0 aliphatic heterocycles. The third kappa shape index (κ3) is 2.13. The maximum atomic E-state index is 5.18. The summed E-state index contributed by atoms with van der Waals surface area (Å²) < 4.78 is 6.81. The summed E-state index contributed by atoms with van der Waals surface area (Å²) in [5.41, 5.74) is 2.11. The van der Waals surface area contributed by atoms with E-state index >= 15 is 0 Å². The van der Waals surface area contributed by atoms with Crippen LogP contribution < -0.4 is 0 Å². The normalized spacial score (nSPS) is 10.7. The second-order valence-corrected chi connectivity index (χ2v) is 3.98. The summed E-state index contributed by atoms with van der Waals surface area (Å²) in [6.07, 6.45) is 3.36. The average Bonchev–Trinajstić information content (AvgIpc) is 3.01. The van der Waals surface area contributed by atoms with Crippen LogP contribution in [0.1, 0.15) is 11.5 Å². The van der Waals surface area contributed by atoms with Gasteiger partial charge in [-0.2, -0.15) is 4.98 Å². The van der Waals surface area contributed by atoms with Crippen molar-refractivity contribution in [3.8, 4) is 11.4 Å². The Balaban J connectivity index is 1.85. The van der Waals surface area contributed by atoms with Crippen LogP contribution in [0.2, 0.25) is 0 Å². The fourth-order valence-electron chi connectivity index (χ4n) is 1.68. The minimum absolute atomic E-state index is 0.429. The zero-order valence-electron chi connectivity index (χ0n) is 9.82. The third-order valence-electron chi connectivity index (χ3n) is 2.51. The molecule has 3 rings (SSSR count). The van der Waals surface area contributed by atoms with Gasteiger partial charge in [-0.1, -0.05) is 34.1 Å². The molecule has 0 unspecified atom stereocenters. The molecule has 0 bridgehead atoms. The highest BCUT2D eigenvalue weighted by Crippen LogP contribution is 2.17. The van der Waals surface area contributed by atoms with Gasteiger partial charge in [0.25, 0.3) is 0 Å². The Kier molecular flexibility index (Phi) is 2.60. The van der Waals surface area contributed by atoms with Crippen LogP contribution in [-0.4, -0.2) is 25.1 Å². The van der Waals surface area contributed by atoms with Gasteiger partial charge in [-0.05, 0) is 13.0 Å². The van der Waals surface area contributed by atoms with E-state index in [4.69, 9.17) is 4.52 Å². The molecular weight excluding hydrogens is 230 g/mol. The molecule has 6 nitrogen and oxygen atoms in total. The van der Waals surface area contributed by atoms with Crippen molar-refractivity contribution in [3.63, 3.8) is 0 Å². The molecule has 18 heavy (non-hydrogen) atoms. The van der Waals surface area contributed by atoms with E-state index in [1.165, 1.54) is 0 Å². The standard InChI is InChI=1S/C12H11N5O/c1-9-3-2-4-10(7-9)12-14-11(18-15-12)8-17-6-5-13-16-17/h2-7H,8H2,1H3. The molecule has 0 saturated carbocycles. The molecular formula is C12H11N5O. The predicted octanol–water partition coefficient (Wildman–Crippen LogP) is 1.68. The van der Waals surface area contributed by atoms with Gasteiger partial charge in [0.15, 0.2) is 0 Å². The maximum Gasteiger partial charge on any atom is 0.248 e. The fourth-order valence-corrected chi connectivity index (χ4v) is 1.68. The number of aryl methyl sites for hydroxylation is 1. The number of aromatic nitrogens is 5. The third-order valence-corrected chi connectivity index (χ3v) is 2.51. The van der Waals surface area contributed by atoms with Gasteiger partial charge < -0.3 is 4.52 Å². The average molecular weight is 241 g/mol. The lowest BCUT2D eigenvalue weighted by atomic mass is 10.1. The van der Waals surface area contributed by atoms with E-state index in [0.717, 1.165) is 11.1 Å². The molecule has 1 aromatic carbocycles. The zero-order chi connectivity index (χ0) is 12.4. The van der Waals surface area contributed by atoms with Gasteiger partial charge in [0, 0.05) is 11.8 Å². The minimum atomic E-state index is 0.429. The van der Waals surface area contributed by atoms with Crippen LogP contribution in [0.3, 0.4) is 0 Å². The molecule has 0 atom stereocenters. The molecule has 90 valence electrons. The topological polar surface area (TPSA) is 69.6 Å². The van der Waals surface area contributed by atoms with E-state index in [1.54, 1.807) is 17.1 Å². The molecule has 0 spiro atoms. The van der Waals surface area contributed by atoms with Crippen molar-refractivity contribution < 1.29 is 4.52 Å². The Morgan fingerprint density at radius 3 is 3.06 bits per heavy atom. The summed E-state index contributed by atoms with van der Waals surface area (Å²) in [6, 6.07) is 7.97. The fraction of sp³-hybridized carbons (Fsp3) is 0.167. The van der Waals surface area contributed by atoms with Crippen molar-refractivity contribution in [1.29, 1.82) is 0 Å². The summed E-state index contributed by atoms with van der Waals surface area (Å²) in [7, 11) is 0.